The quantitative estimate of drug-likeness (QED) is 0.170. The molecule has 196 valence electrons. The van der Waals surface area contributed by atoms with Crippen molar-refractivity contribution >= 4 is 45.0 Å². The Bertz CT molecular complexity index is 1460. The number of anilines is 2. The van der Waals surface area contributed by atoms with E-state index >= 15 is 0 Å². The van der Waals surface area contributed by atoms with Gasteiger partial charge in [0.2, 0.25) is 11.1 Å². The summed E-state index contributed by atoms with van der Waals surface area (Å²) in [6.07, 6.45) is 2.64. The third-order valence-electron chi connectivity index (χ3n) is 5.98. The number of benzene rings is 3. The van der Waals surface area contributed by atoms with Crippen LogP contribution in [0.25, 0.3) is 10.9 Å². The average Bonchev–Trinajstić information content (AvgIpc) is 3.74. The first-order valence-corrected chi connectivity index (χ1v) is 11.9. The number of fused-ring (bicyclic) bond motifs is 1. The third kappa shape index (κ3) is 5.95. The van der Waals surface area contributed by atoms with Crippen molar-refractivity contribution in [3.63, 3.8) is 0 Å². The molecule has 1 heterocycles. The second kappa shape index (κ2) is 11.4. The molecule has 1 amide bonds. The molecule has 1 saturated carbocycles. The molecule has 10 heteroatoms. The number of nitrogens with zero attached hydrogens (tertiary/aromatic N) is 1. The summed E-state index contributed by atoms with van der Waals surface area (Å²) in [6.45, 7) is 0. The zero-order valence-corrected chi connectivity index (χ0v) is 21.4. The van der Waals surface area contributed by atoms with Crippen LogP contribution in [-0.2, 0) is 9.59 Å². The van der Waals surface area contributed by atoms with Gasteiger partial charge in [0.25, 0.3) is 0 Å². The maximum Gasteiger partial charge on any atom is 0.239 e. The maximum atomic E-state index is 12.6. The van der Waals surface area contributed by atoms with Gasteiger partial charge in [0.1, 0.15) is 22.7 Å². The number of carbonyl (C=O) groups is 2. The van der Waals surface area contributed by atoms with E-state index in [0.29, 0.717) is 47.2 Å². The number of amides is 1. The summed E-state index contributed by atoms with van der Waals surface area (Å²) < 4.78 is 29.2. The summed E-state index contributed by atoms with van der Waals surface area (Å²) in [7, 11) is 3.19. The van der Waals surface area contributed by atoms with Gasteiger partial charge in [0.15, 0.2) is 11.5 Å². The SMILES string of the molecule is COc1cc2nccc(Oc3ccc(N)cc3)c2cc1OC.O=C(Cl)C1(C(=O)Nc2ccc(F)cc2)CC1. The summed E-state index contributed by atoms with van der Waals surface area (Å²) in [5.74, 6) is 1.86. The van der Waals surface area contributed by atoms with Crippen LogP contribution in [0.15, 0.2) is 72.9 Å². The number of hydrogen-bond acceptors (Lipinski definition) is 7. The molecule has 0 unspecified atom stereocenters. The monoisotopic (exact) mass is 537 g/mol. The van der Waals surface area contributed by atoms with E-state index in [9.17, 15) is 14.0 Å². The van der Waals surface area contributed by atoms with Crippen LogP contribution in [0.1, 0.15) is 12.8 Å². The normalized spacial score (nSPS) is 13.1. The Morgan fingerprint density at radius 3 is 2.16 bits per heavy atom. The van der Waals surface area contributed by atoms with E-state index in [4.69, 9.17) is 31.5 Å². The molecule has 0 atom stereocenters. The van der Waals surface area contributed by atoms with Gasteiger partial charge in [-0.1, -0.05) is 0 Å². The van der Waals surface area contributed by atoms with Crippen LogP contribution in [0.3, 0.4) is 0 Å². The first kappa shape index (κ1) is 26.7. The van der Waals surface area contributed by atoms with Crippen molar-refractivity contribution in [2.45, 2.75) is 12.8 Å². The molecule has 0 bridgehead atoms. The molecule has 8 nitrogen and oxygen atoms in total. The van der Waals surface area contributed by atoms with Crippen LogP contribution >= 0.6 is 11.6 Å². The predicted octanol–water partition coefficient (Wildman–Crippen LogP) is 5.94. The van der Waals surface area contributed by atoms with Gasteiger partial charge in [-0.2, -0.15) is 0 Å². The Kier molecular flexibility index (Phi) is 7.97. The number of methoxy groups -OCH3 is 2. The van der Waals surface area contributed by atoms with Gasteiger partial charge in [-0.3, -0.25) is 14.6 Å². The summed E-state index contributed by atoms with van der Waals surface area (Å²) in [5.41, 5.74) is 6.54. The van der Waals surface area contributed by atoms with E-state index < -0.39 is 16.6 Å². The number of halogens is 2. The maximum absolute atomic E-state index is 12.6. The molecule has 5 rings (SSSR count). The number of pyridine rings is 1. The highest BCUT2D eigenvalue weighted by molar-refractivity contribution is 6.67. The summed E-state index contributed by atoms with van der Waals surface area (Å²) in [6, 6.07) is 18.1. The first-order valence-electron chi connectivity index (χ1n) is 11.6. The van der Waals surface area contributed by atoms with Gasteiger partial charge < -0.3 is 25.3 Å². The molecule has 1 aliphatic rings. The van der Waals surface area contributed by atoms with Crippen molar-refractivity contribution < 1.29 is 28.2 Å². The molecule has 0 saturated heterocycles. The Balaban J connectivity index is 0.000000186. The molecule has 1 fully saturated rings. The number of nitrogen functional groups attached to an aromatic ring is 1. The highest BCUT2D eigenvalue weighted by Crippen LogP contribution is 2.48. The highest BCUT2D eigenvalue weighted by Gasteiger charge is 2.55. The fraction of sp³-hybridized carbons (Fsp3) is 0.179. The Labute approximate surface area is 223 Å². The molecule has 1 aromatic heterocycles. The molecular weight excluding hydrogens is 513 g/mol. The first-order chi connectivity index (χ1) is 18.3. The number of nitrogens with two attached hydrogens (primary N) is 1. The smallest absolute Gasteiger partial charge is 0.239 e. The lowest BCUT2D eigenvalue weighted by molar-refractivity contribution is -0.128. The average molecular weight is 538 g/mol. The zero-order chi connectivity index (χ0) is 27.3. The lowest BCUT2D eigenvalue weighted by Gasteiger charge is -2.12. The van der Waals surface area contributed by atoms with E-state index in [-0.39, 0.29) is 5.82 Å². The van der Waals surface area contributed by atoms with Gasteiger partial charge in [-0.25, -0.2) is 4.39 Å². The van der Waals surface area contributed by atoms with Crippen molar-refractivity contribution in [2.75, 3.05) is 25.3 Å². The van der Waals surface area contributed by atoms with Gasteiger partial charge in [0, 0.05) is 29.0 Å². The fourth-order valence-electron chi connectivity index (χ4n) is 3.62. The van der Waals surface area contributed by atoms with Crippen molar-refractivity contribution in [3.8, 4) is 23.0 Å². The van der Waals surface area contributed by atoms with Crippen LogP contribution in [0.2, 0.25) is 0 Å². The van der Waals surface area contributed by atoms with Gasteiger partial charge in [0.05, 0.1) is 19.7 Å². The zero-order valence-electron chi connectivity index (χ0n) is 20.7. The van der Waals surface area contributed by atoms with E-state index in [2.05, 4.69) is 10.3 Å². The molecule has 38 heavy (non-hydrogen) atoms. The molecule has 0 spiro atoms. The molecule has 1 aliphatic carbocycles. The van der Waals surface area contributed by atoms with Crippen LogP contribution in [-0.4, -0.2) is 30.4 Å². The molecule has 0 radical (unpaired) electrons. The summed E-state index contributed by atoms with van der Waals surface area (Å²) in [4.78, 5) is 27.1. The topological polar surface area (TPSA) is 113 Å². The largest absolute Gasteiger partial charge is 0.493 e. The number of ether oxygens (including phenoxy) is 3. The Morgan fingerprint density at radius 2 is 1.58 bits per heavy atom. The minimum absolute atomic E-state index is 0.382. The van der Waals surface area contributed by atoms with E-state index in [0.717, 1.165) is 10.9 Å². The van der Waals surface area contributed by atoms with Crippen LogP contribution in [0.5, 0.6) is 23.0 Å². The second-order valence-corrected chi connectivity index (χ2v) is 8.86. The predicted molar refractivity (Wildman–Crippen MR) is 143 cm³/mol. The van der Waals surface area contributed by atoms with E-state index in [1.165, 1.54) is 24.3 Å². The molecule has 4 aromatic rings. The lowest BCUT2D eigenvalue weighted by atomic mass is 10.1. The number of rotatable bonds is 7. The van der Waals surface area contributed by atoms with Crippen LogP contribution in [0, 0.1) is 11.2 Å². The molecule has 3 N–H and O–H groups in total. The second-order valence-electron chi connectivity index (χ2n) is 8.52. The van der Waals surface area contributed by atoms with Gasteiger partial charge in [-0.05, 0) is 85.1 Å². The lowest BCUT2D eigenvalue weighted by Crippen LogP contribution is -2.28. The molecule has 3 aromatic carbocycles. The van der Waals surface area contributed by atoms with E-state index in [1.54, 1.807) is 32.5 Å². The summed E-state index contributed by atoms with van der Waals surface area (Å²) >= 11 is 5.36. The molecule has 0 aliphatic heterocycles. The fourth-order valence-corrected chi connectivity index (χ4v) is 3.90. The van der Waals surface area contributed by atoms with Crippen molar-refractivity contribution in [3.05, 3.63) is 78.7 Å². The van der Waals surface area contributed by atoms with Crippen molar-refractivity contribution in [2.24, 2.45) is 5.41 Å². The molecular formula is C28H25ClFN3O5. The van der Waals surface area contributed by atoms with Crippen LogP contribution < -0.4 is 25.3 Å². The highest BCUT2D eigenvalue weighted by atomic mass is 35.5. The van der Waals surface area contributed by atoms with E-state index in [1.807, 2.05) is 30.3 Å². The minimum Gasteiger partial charge on any atom is -0.493 e. The number of carbonyl (C=O) groups excluding carboxylic acids is 2. The van der Waals surface area contributed by atoms with Crippen LogP contribution in [0.4, 0.5) is 15.8 Å². The van der Waals surface area contributed by atoms with Crippen molar-refractivity contribution in [1.82, 2.24) is 4.98 Å². The Morgan fingerprint density at radius 1 is 0.947 bits per heavy atom. The summed E-state index contributed by atoms with van der Waals surface area (Å²) in [5, 5.41) is 2.75. The third-order valence-corrected chi connectivity index (χ3v) is 6.34. The number of aromatic nitrogens is 1. The minimum atomic E-state index is -1.06. The Hall–Kier alpha value is -4.37. The number of nitrogens with one attached hydrogen (secondary N) is 1. The van der Waals surface area contributed by atoms with Gasteiger partial charge in [-0.15, -0.1) is 0 Å². The number of hydrogen-bond donors (Lipinski definition) is 2. The standard InChI is InChI=1S/C17H16N2O3.C11H9ClFNO2/c1-20-16-9-13-14(10-17(16)21-2)19-8-7-15(13)22-12-5-3-11(18)4-6-12;12-9(15)11(5-6-11)10(16)14-8-3-1-7(13)2-4-8/h3-10H,18H2,1-2H3;1-4H,5-6H2,(H,14,16). The van der Waals surface area contributed by atoms with Crippen molar-refractivity contribution in [1.29, 1.82) is 0 Å². The van der Waals surface area contributed by atoms with Gasteiger partial charge >= 0.3 is 0 Å².